The molecule has 0 radical (unpaired) electrons. The second-order valence-electron chi connectivity index (χ2n) is 18.1. The number of pyridine rings is 1. The summed E-state index contributed by atoms with van der Waals surface area (Å²) in [6, 6.07) is 44.3. The number of ether oxygens (including phenoxy) is 1. The first-order chi connectivity index (χ1) is 26.5. The third kappa shape index (κ3) is 7.11. The van der Waals surface area contributed by atoms with E-state index in [-0.39, 0.29) is 16.2 Å². The van der Waals surface area contributed by atoms with Gasteiger partial charge in [0.15, 0.2) is 0 Å². The van der Waals surface area contributed by atoms with Gasteiger partial charge in [0.25, 0.3) is 0 Å². The van der Waals surface area contributed by atoms with E-state index in [0.29, 0.717) is 18.0 Å². The van der Waals surface area contributed by atoms with E-state index in [4.69, 9.17) is 9.72 Å². The summed E-state index contributed by atoms with van der Waals surface area (Å²) in [5.74, 6) is 2.15. The van der Waals surface area contributed by atoms with Gasteiger partial charge in [0.1, 0.15) is 0 Å². The van der Waals surface area contributed by atoms with Gasteiger partial charge in [-0.2, -0.15) is 0 Å². The van der Waals surface area contributed by atoms with E-state index in [1.54, 1.807) is 0 Å². The zero-order chi connectivity index (χ0) is 39.7. The van der Waals surface area contributed by atoms with Crippen LogP contribution in [-0.4, -0.2) is 14.1 Å². The SMILES string of the molecule is Cn1[c](=[Pt])n(-c2[c-]c(Oc3[c-]c4c(cc3)-c3ccc(-c5cc(C(C)(C)C)cc(C(C)(C)C)c5)cc3CN4c3cc(C(C)(C)C)ccn3)ccc2)c2ccccc21. The van der Waals surface area contributed by atoms with Crippen LogP contribution in [0.25, 0.3) is 39.0 Å². The van der Waals surface area contributed by atoms with Crippen molar-refractivity contribution in [2.75, 3.05) is 4.90 Å². The first-order valence-electron chi connectivity index (χ1n) is 19.4. The number of aromatic nitrogens is 3. The topological polar surface area (TPSA) is 35.2 Å². The van der Waals surface area contributed by atoms with Crippen LogP contribution in [0.15, 0.2) is 109 Å². The van der Waals surface area contributed by atoms with Crippen LogP contribution in [0.3, 0.4) is 0 Å². The number of hydrogen-bond acceptors (Lipinski definition) is 3. The Labute approximate surface area is 343 Å². The number of benzene rings is 5. The van der Waals surface area contributed by atoms with E-state index in [1.165, 1.54) is 38.9 Å². The van der Waals surface area contributed by atoms with Gasteiger partial charge in [-0.3, -0.25) is 0 Å². The summed E-state index contributed by atoms with van der Waals surface area (Å²) in [4.78, 5) is 7.25. The maximum absolute atomic E-state index is 6.59. The molecule has 5 nitrogen and oxygen atoms in total. The minimum atomic E-state index is -0.0281. The fraction of sp³-hybridized carbons (Fsp3) is 0.280. The molecule has 0 saturated carbocycles. The molecule has 0 N–H and O–H groups in total. The molecule has 1 aliphatic rings. The Morgan fingerprint density at radius 1 is 0.625 bits per heavy atom. The molecule has 0 saturated heterocycles. The summed E-state index contributed by atoms with van der Waals surface area (Å²) in [5, 5.41) is 0. The van der Waals surface area contributed by atoms with E-state index in [1.807, 2.05) is 24.4 Å². The van der Waals surface area contributed by atoms with Crippen molar-refractivity contribution in [1.29, 1.82) is 0 Å². The average Bonchev–Trinajstić information content (AvgIpc) is 3.41. The molecule has 3 heterocycles. The first kappa shape index (κ1) is 37.9. The maximum atomic E-state index is 6.59. The molecule has 8 rings (SSSR count). The number of aryl methyl sites for hydroxylation is 1. The van der Waals surface area contributed by atoms with Crippen LogP contribution in [0.5, 0.6) is 11.5 Å². The van der Waals surface area contributed by atoms with E-state index < -0.39 is 0 Å². The number of fused-ring (bicyclic) bond motifs is 4. The molecular weight excluding hydrogens is 868 g/mol. The number of rotatable bonds is 5. The van der Waals surface area contributed by atoms with Gasteiger partial charge in [-0.15, -0.1) is 0 Å². The fourth-order valence-corrected chi connectivity index (χ4v) is 8.32. The molecule has 288 valence electrons. The predicted octanol–water partition coefficient (Wildman–Crippen LogP) is 12.7. The zero-order valence-electron chi connectivity index (χ0n) is 34.1. The van der Waals surface area contributed by atoms with Gasteiger partial charge >= 0.3 is 196 Å². The molecule has 0 unspecified atom stereocenters. The van der Waals surface area contributed by atoms with Gasteiger partial charge < -0.3 is 0 Å². The molecule has 0 spiro atoms. The molecule has 0 fully saturated rings. The molecule has 0 atom stereocenters. The van der Waals surface area contributed by atoms with Gasteiger partial charge in [-0.05, 0) is 56.2 Å². The van der Waals surface area contributed by atoms with Crippen molar-refractivity contribution < 1.29 is 24.1 Å². The van der Waals surface area contributed by atoms with Crippen molar-refractivity contribution in [3.8, 4) is 39.4 Å². The molecular formula is C50H50N4OPt-2. The van der Waals surface area contributed by atoms with E-state index in [2.05, 4.69) is 200 Å². The second kappa shape index (κ2) is 13.9. The molecule has 0 amide bonds. The molecule has 6 heteroatoms. The molecule has 2 aromatic heterocycles. The van der Waals surface area contributed by atoms with Crippen LogP contribution in [0.2, 0.25) is 0 Å². The Morgan fingerprint density at radius 2 is 1.29 bits per heavy atom. The fourth-order valence-electron chi connectivity index (χ4n) is 7.50. The summed E-state index contributed by atoms with van der Waals surface area (Å²) < 4.78 is 12.1. The van der Waals surface area contributed by atoms with Gasteiger partial charge in [0, 0.05) is 6.20 Å². The Balaban J connectivity index is 1.22. The number of nitrogens with zero attached hydrogens (tertiary/aromatic N) is 4. The Kier molecular flexibility index (Phi) is 9.40. The predicted molar refractivity (Wildman–Crippen MR) is 227 cm³/mol. The van der Waals surface area contributed by atoms with Gasteiger partial charge in [0.05, 0.1) is 0 Å². The number of hydrogen-bond donors (Lipinski definition) is 0. The van der Waals surface area contributed by atoms with Crippen LogP contribution in [0.1, 0.15) is 84.6 Å². The van der Waals surface area contributed by atoms with Crippen molar-refractivity contribution in [3.63, 3.8) is 0 Å². The van der Waals surface area contributed by atoms with E-state index >= 15 is 0 Å². The van der Waals surface area contributed by atoms with Gasteiger partial charge in [0.2, 0.25) is 0 Å². The molecule has 0 aliphatic carbocycles. The molecule has 7 aromatic rings. The molecule has 0 bridgehead atoms. The molecule has 1 aliphatic heterocycles. The molecule has 5 aromatic carbocycles. The Morgan fingerprint density at radius 3 is 1.98 bits per heavy atom. The normalized spacial score (nSPS) is 13.2. The van der Waals surface area contributed by atoms with E-state index in [0.717, 1.165) is 37.6 Å². The second-order valence-corrected chi connectivity index (χ2v) is 19.1. The standard InChI is InChI=1S/C50H50N4O.Pt/c1-48(2,3)36-22-23-51-47(28-36)53-31-35-24-33(34-25-37(49(4,5)6)27-38(26-34)50(7,8)9)18-20-42(35)43-21-19-41(30-46(43)53)55-40-15-13-14-39(29-40)54-32-52(10)44-16-11-12-17-45(44)54;/h11-28H,31H2,1-10H3;/q-2;. The van der Waals surface area contributed by atoms with E-state index in [9.17, 15) is 0 Å². The summed E-state index contributed by atoms with van der Waals surface area (Å²) in [5.41, 5.74) is 14.1. The Hall–Kier alpha value is -4.99. The quantitative estimate of drug-likeness (QED) is 0.161. The van der Waals surface area contributed by atoms with Crippen molar-refractivity contribution in [2.24, 2.45) is 7.05 Å². The van der Waals surface area contributed by atoms with Crippen LogP contribution < -0.4 is 9.64 Å². The monoisotopic (exact) mass is 917 g/mol. The number of imidazole rings is 1. The van der Waals surface area contributed by atoms with Crippen LogP contribution in [0.4, 0.5) is 11.5 Å². The summed E-state index contributed by atoms with van der Waals surface area (Å²) in [7, 11) is 2.09. The van der Waals surface area contributed by atoms with Gasteiger partial charge in [-0.1, -0.05) is 86.6 Å². The minimum absolute atomic E-state index is 0.0281. The number of anilines is 2. The summed E-state index contributed by atoms with van der Waals surface area (Å²) >= 11 is 2.38. The third-order valence-electron chi connectivity index (χ3n) is 10.9. The zero-order valence-corrected chi connectivity index (χ0v) is 36.4. The van der Waals surface area contributed by atoms with Crippen molar-refractivity contribution >= 4 is 22.5 Å². The van der Waals surface area contributed by atoms with Crippen LogP contribution in [0, 0.1) is 15.9 Å². The van der Waals surface area contributed by atoms with Crippen molar-refractivity contribution in [2.45, 2.75) is 85.1 Å². The summed E-state index contributed by atoms with van der Waals surface area (Å²) in [6.07, 6.45) is 1.93. The average molecular weight is 918 g/mol. The van der Waals surface area contributed by atoms with Gasteiger partial charge in [-0.25, -0.2) is 0 Å². The van der Waals surface area contributed by atoms with Crippen LogP contribution in [-0.2, 0) is 49.2 Å². The van der Waals surface area contributed by atoms with Crippen LogP contribution >= 0.6 is 0 Å². The molecule has 56 heavy (non-hydrogen) atoms. The number of para-hydroxylation sites is 2. The Bertz CT molecular complexity index is 2660. The van der Waals surface area contributed by atoms with Crippen molar-refractivity contribution in [1.82, 2.24) is 14.1 Å². The third-order valence-corrected chi connectivity index (χ3v) is 12.2. The van der Waals surface area contributed by atoms with Crippen molar-refractivity contribution in [3.05, 3.63) is 148 Å². The summed E-state index contributed by atoms with van der Waals surface area (Å²) in [6.45, 7) is 21.2. The first-order valence-corrected chi connectivity index (χ1v) is 20.5.